The van der Waals surface area contributed by atoms with Crippen LogP contribution in [0.25, 0.3) is 5.57 Å². The number of ketones is 1. The van der Waals surface area contributed by atoms with Crippen LogP contribution in [0.1, 0.15) is 15.2 Å². The number of carbonyl (C=O) groups is 1. The molecule has 0 atom stereocenters. The van der Waals surface area contributed by atoms with E-state index in [9.17, 15) is 4.79 Å². The number of aromatic nitrogens is 1. The summed E-state index contributed by atoms with van der Waals surface area (Å²) in [6.07, 6.45) is 5.14. The summed E-state index contributed by atoms with van der Waals surface area (Å²) in [6, 6.07) is 5.36. The Morgan fingerprint density at radius 1 is 1.32 bits per heavy atom. The zero-order valence-electron chi connectivity index (χ0n) is 10.6. The molecule has 0 amide bonds. The molecular formula is C14H13ClN2OS. The minimum Gasteiger partial charge on any atom is -0.383 e. The van der Waals surface area contributed by atoms with Gasteiger partial charge in [0.2, 0.25) is 5.78 Å². The quantitative estimate of drug-likeness (QED) is 0.638. The summed E-state index contributed by atoms with van der Waals surface area (Å²) >= 11 is 7.39. The lowest BCUT2D eigenvalue weighted by atomic mass is 10.0. The normalized spacial score (nSPS) is 11.4. The highest BCUT2D eigenvalue weighted by molar-refractivity contribution is 7.13. The molecule has 0 fully saturated rings. The van der Waals surface area contributed by atoms with Crippen molar-refractivity contribution in [2.24, 2.45) is 0 Å². The minimum atomic E-state index is -0.0695. The number of hydrogen-bond acceptors (Lipinski definition) is 4. The van der Waals surface area contributed by atoms with Crippen molar-refractivity contribution in [2.75, 3.05) is 14.1 Å². The topological polar surface area (TPSA) is 33.2 Å². The van der Waals surface area contributed by atoms with Crippen LogP contribution in [0.2, 0.25) is 5.02 Å². The van der Waals surface area contributed by atoms with Crippen LogP contribution in [0.3, 0.4) is 0 Å². The van der Waals surface area contributed by atoms with Gasteiger partial charge in [-0.15, -0.1) is 11.3 Å². The molecular weight excluding hydrogens is 280 g/mol. The Bertz CT molecular complexity index is 605. The lowest BCUT2D eigenvalue weighted by Crippen LogP contribution is -2.08. The summed E-state index contributed by atoms with van der Waals surface area (Å²) in [7, 11) is 3.76. The van der Waals surface area contributed by atoms with Crippen LogP contribution < -0.4 is 0 Å². The molecule has 0 radical (unpaired) electrons. The maximum atomic E-state index is 12.6. The molecule has 0 aliphatic heterocycles. The van der Waals surface area contributed by atoms with Crippen LogP contribution >= 0.6 is 22.9 Å². The molecule has 0 spiro atoms. The number of halogens is 1. The fourth-order valence-electron chi connectivity index (χ4n) is 1.63. The number of rotatable bonds is 4. The third-order valence-electron chi connectivity index (χ3n) is 2.45. The SMILES string of the molecule is CN(C)/C=C(/C(=O)c1sccc1Cl)c1ccncc1. The van der Waals surface area contributed by atoms with Gasteiger partial charge in [-0.1, -0.05) is 11.6 Å². The number of thiophene rings is 1. The number of carbonyl (C=O) groups excluding carboxylic acids is 1. The van der Waals surface area contributed by atoms with Crippen molar-refractivity contribution < 1.29 is 4.79 Å². The molecule has 0 aliphatic rings. The lowest BCUT2D eigenvalue weighted by Gasteiger charge is -2.11. The first-order valence-electron chi connectivity index (χ1n) is 5.66. The molecule has 0 aromatic carbocycles. The van der Waals surface area contributed by atoms with E-state index < -0.39 is 0 Å². The molecule has 2 heterocycles. The van der Waals surface area contributed by atoms with Crippen LogP contribution in [0.15, 0.2) is 42.2 Å². The van der Waals surface area contributed by atoms with Crippen molar-refractivity contribution in [3.63, 3.8) is 0 Å². The monoisotopic (exact) mass is 292 g/mol. The summed E-state index contributed by atoms with van der Waals surface area (Å²) < 4.78 is 0. The molecule has 5 heteroatoms. The number of nitrogens with zero attached hydrogens (tertiary/aromatic N) is 2. The van der Waals surface area contributed by atoms with Crippen LogP contribution in [0.4, 0.5) is 0 Å². The third kappa shape index (κ3) is 3.22. The smallest absolute Gasteiger partial charge is 0.206 e. The fourth-order valence-corrected chi connectivity index (χ4v) is 2.73. The maximum absolute atomic E-state index is 12.6. The number of pyridine rings is 1. The summed E-state index contributed by atoms with van der Waals surface area (Å²) in [4.78, 5) is 18.9. The van der Waals surface area contributed by atoms with Crippen molar-refractivity contribution in [2.45, 2.75) is 0 Å². The minimum absolute atomic E-state index is 0.0695. The predicted octanol–water partition coefficient (Wildman–Crippen LogP) is 3.58. The van der Waals surface area contributed by atoms with Crippen LogP contribution in [-0.2, 0) is 0 Å². The third-order valence-corrected chi connectivity index (χ3v) is 3.79. The molecule has 2 aromatic heterocycles. The van der Waals surface area contributed by atoms with Crippen LogP contribution in [0.5, 0.6) is 0 Å². The molecule has 0 saturated heterocycles. The van der Waals surface area contributed by atoms with Gasteiger partial charge in [-0.2, -0.15) is 0 Å². The Labute approximate surface area is 121 Å². The van der Waals surface area contributed by atoms with E-state index in [0.29, 0.717) is 15.5 Å². The maximum Gasteiger partial charge on any atom is 0.206 e. The zero-order valence-corrected chi connectivity index (χ0v) is 12.2. The second kappa shape index (κ2) is 5.99. The summed E-state index contributed by atoms with van der Waals surface area (Å²) in [5, 5.41) is 2.31. The molecule has 2 rings (SSSR count). The molecule has 98 valence electrons. The Balaban J connectivity index is 2.46. The Kier molecular flexibility index (Phi) is 4.35. The second-order valence-corrected chi connectivity index (χ2v) is 5.49. The molecule has 2 aromatic rings. The van der Waals surface area contributed by atoms with E-state index in [1.807, 2.05) is 36.5 Å². The van der Waals surface area contributed by atoms with E-state index >= 15 is 0 Å². The van der Waals surface area contributed by atoms with E-state index in [1.165, 1.54) is 11.3 Å². The van der Waals surface area contributed by atoms with Gasteiger partial charge in [0.25, 0.3) is 0 Å². The lowest BCUT2D eigenvalue weighted by molar-refractivity contribution is 0.105. The molecule has 19 heavy (non-hydrogen) atoms. The van der Waals surface area contributed by atoms with E-state index in [0.717, 1.165) is 5.56 Å². The largest absolute Gasteiger partial charge is 0.383 e. The predicted molar refractivity (Wildman–Crippen MR) is 79.6 cm³/mol. The first-order valence-corrected chi connectivity index (χ1v) is 6.91. The van der Waals surface area contributed by atoms with Crippen molar-refractivity contribution in [1.82, 2.24) is 9.88 Å². The standard InChI is InChI=1S/C14H13ClN2OS/c1-17(2)9-11(10-3-6-16-7-4-10)13(18)14-12(15)5-8-19-14/h3-9H,1-2H3/b11-9+. The highest BCUT2D eigenvalue weighted by Gasteiger charge is 2.18. The molecule has 0 aliphatic carbocycles. The van der Waals surface area contributed by atoms with Crippen LogP contribution in [0, 0.1) is 0 Å². The van der Waals surface area contributed by atoms with E-state index in [2.05, 4.69) is 4.98 Å². The summed E-state index contributed by atoms with van der Waals surface area (Å²) in [6.45, 7) is 0. The number of hydrogen-bond donors (Lipinski definition) is 0. The average Bonchev–Trinajstić information content (AvgIpc) is 2.82. The van der Waals surface area contributed by atoms with Crippen molar-refractivity contribution in [3.8, 4) is 0 Å². The van der Waals surface area contributed by atoms with Gasteiger partial charge in [-0.25, -0.2) is 0 Å². The number of Topliss-reactive ketones (excluding diaryl/α,β-unsaturated/α-hetero) is 1. The average molecular weight is 293 g/mol. The van der Waals surface area contributed by atoms with Gasteiger partial charge in [0, 0.05) is 38.3 Å². The zero-order chi connectivity index (χ0) is 13.8. The molecule has 0 saturated carbocycles. The van der Waals surface area contributed by atoms with E-state index in [-0.39, 0.29) is 5.78 Å². The number of allylic oxidation sites excluding steroid dienone is 1. The van der Waals surface area contributed by atoms with E-state index in [4.69, 9.17) is 11.6 Å². The second-order valence-electron chi connectivity index (χ2n) is 4.17. The Morgan fingerprint density at radius 3 is 2.53 bits per heavy atom. The van der Waals surface area contributed by atoms with Crippen LogP contribution in [-0.4, -0.2) is 29.8 Å². The molecule has 3 nitrogen and oxygen atoms in total. The van der Waals surface area contributed by atoms with Gasteiger partial charge < -0.3 is 4.90 Å². The van der Waals surface area contributed by atoms with Gasteiger partial charge in [0.15, 0.2) is 0 Å². The van der Waals surface area contributed by atoms with Crippen molar-refractivity contribution in [1.29, 1.82) is 0 Å². The molecule has 0 unspecified atom stereocenters. The highest BCUT2D eigenvalue weighted by Crippen LogP contribution is 2.28. The van der Waals surface area contributed by atoms with Crippen molar-refractivity contribution in [3.05, 3.63) is 57.6 Å². The fraction of sp³-hybridized carbons (Fsp3) is 0.143. The Morgan fingerprint density at radius 2 is 2.00 bits per heavy atom. The first kappa shape index (κ1) is 13.8. The highest BCUT2D eigenvalue weighted by atomic mass is 35.5. The molecule has 0 bridgehead atoms. The summed E-state index contributed by atoms with van der Waals surface area (Å²) in [5.74, 6) is -0.0695. The van der Waals surface area contributed by atoms with Gasteiger partial charge in [0.1, 0.15) is 0 Å². The van der Waals surface area contributed by atoms with Gasteiger partial charge >= 0.3 is 0 Å². The van der Waals surface area contributed by atoms with Gasteiger partial charge in [-0.3, -0.25) is 9.78 Å². The van der Waals surface area contributed by atoms with E-state index in [1.54, 1.807) is 24.7 Å². The Hall–Kier alpha value is -1.65. The van der Waals surface area contributed by atoms with Gasteiger partial charge in [-0.05, 0) is 29.1 Å². The van der Waals surface area contributed by atoms with Crippen molar-refractivity contribution >= 4 is 34.3 Å². The first-order chi connectivity index (χ1) is 9.09. The molecule has 0 N–H and O–H groups in total. The summed E-state index contributed by atoms with van der Waals surface area (Å²) in [5.41, 5.74) is 1.44. The van der Waals surface area contributed by atoms with Gasteiger partial charge in [0.05, 0.1) is 9.90 Å².